The summed E-state index contributed by atoms with van der Waals surface area (Å²) in [4.78, 5) is 13.4. The van der Waals surface area contributed by atoms with Crippen LogP contribution in [0.1, 0.15) is 20.8 Å². The monoisotopic (exact) mass is 225 g/mol. The molecule has 0 aromatic carbocycles. The van der Waals surface area contributed by atoms with Crippen molar-refractivity contribution in [1.29, 1.82) is 5.26 Å². The summed E-state index contributed by atoms with van der Waals surface area (Å²) in [5.41, 5.74) is -0.328. The minimum Gasteiger partial charge on any atom is -0.366 e. The minimum atomic E-state index is -0.371. The molecule has 0 radical (unpaired) electrons. The number of nitrogens with zero attached hydrogens (tertiary/aromatic N) is 2. The average molecular weight is 225 g/mol. The van der Waals surface area contributed by atoms with Gasteiger partial charge in [-0.2, -0.15) is 5.26 Å². The van der Waals surface area contributed by atoms with E-state index in [1.165, 1.54) is 0 Å². The molecule has 1 aliphatic rings. The van der Waals surface area contributed by atoms with Crippen LogP contribution in [0.4, 0.5) is 0 Å². The fourth-order valence-corrected chi connectivity index (χ4v) is 1.48. The maximum Gasteiger partial charge on any atom is 0.249 e. The van der Waals surface area contributed by atoms with Crippen molar-refractivity contribution in [3.63, 3.8) is 0 Å². The molecule has 0 bridgehead atoms. The average Bonchev–Trinajstić information content (AvgIpc) is 2.25. The van der Waals surface area contributed by atoms with Gasteiger partial charge < -0.3 is 15.0 Å². The lowest BCUT2D eigenvalue weighted by molar-refractivity contribution is -0.143. The van der Waals surface area contributed by atoms with Crippen LogP contribution in [-0.4, -0.2) is 48.7 Å². The molecule has 0 saturated carbocycles. The van der Waals surface area contributed by atoms with E-state index in [1.807, 2.05) is 20.8 Å². The first-order valence-corrected chi connectivity index (χ1v) is 5.48. The van der Waals surface area contributed by atoms with E-state index >= 15 is 0 Å². The summed E-state index contributed by atoms with van der Waals surface area (Å²) in [5, 5.41) is 12.0. The van der Waals surface area contributed by atoms with Crippen molar-refractivity contribution in [1.82, 2.24) is 10.2 Å². The van der Waals surface area contributed by atoms with Crippen LogP contribution >= 0.6 is 0 Å². The molecule has 5 heteroatoms. The van der Waals surface area contributed by atoms with Crippen molar-refractivity contribution in [3.05, 3.63) is 0 Å². The SMILES string of the molecule is CC(C)(C)OCC(=O)N1CCNCC1C#N. The zero-order chi connectivity index (χ0) is 12.2. The molecule has 1 aliphatic heterocycles. The van der Waals surface area contributed by atoms with Gasteiger partial charge in [0.1, 0.15) is 12.6 Å². The Balaban J connectivity index is 2.49. The van der Waals surface area contributed by atoms with Crippen molar-refractivity contribution >= 4 is 5.91 Å². The number of ether oxygens (including phenoxy) is 1. The predicted octanol–water partition coefficient (Wildman–Crippen LogP) is 0.125. The third-order valence-corrected chi connectivity index (χ3v) is 2.34. The summed E-state index contributed by atoms with van der Waals surface area (Å²) in [6.45, 7) is 7.60. The van der Waals surface area contributed by atoms with E-state index in [-0.39, 0.29) is 24.2 Å². The highest BCUT2D eigenvalue weighted by Gasteiger charge is 2.27. The van der Waals surface area contributed by atoms with Gasteiger partial charge in [0.05, 0.1) is 11.7 Å². The molecule has 0 aliphatic carbocycles. The first-order chi connectivity index (χ1) is 7.44. The Bertz CT molecular complexity index is 291. The number of carbonyl (C=O) groups excluding carboxylic acids is 1. The summed E-state index contributed by atoms with van der Waals surface area (Å²) < 4.78 is 5.42. The van der Waals surface area contributed by atoms with Crippen LogP contribution < -0.4 is 5.32 Å². The van der Waals surface area contributed by atoms with Crippen LogP contribution in [-0.2, 0) is 9.53 Å². The molecule has 0 aromatic rings. The van der Waals surface area contributed by atoms with Gasteiger partial charge in [0.25, 0.3) is 0 Å². The van der Waals surface area contributed by atoms with Gasteiger partial charge >= 0.3 is 0 Å². The first kappa shape index (κ1) is 12.9. The highest BCUT2D eigenvalue weighted by Crippen LogP contribution is 2.09. The maximum atomic E-state index is 11.8. The Morgan fingerprint density at radius 2 is 2.31 bits per heavy atom. The van der Waals surface area contributed by atoms with Gasteiger partial charge in [-0.1, -0.05) is 0 Å². The third kappa shape index (κ3) is 3.80. The second-order valence-electron chi connectivity index (χ2n) is 4.84. The number of hydrogen-bond acceptors (Lipinski definition) is 4. The summed E-state index contributed by atoms with van der Waals surface area (Å²) in [6, 6.07) is 1.75. The Kier molecular flexibility index (Phi) is 4.27. The Hall–Kier alpha value is -1.12. The quantitative estimate of drug-likeness (QED) is 0.725. The lowest BCUT2D eigenvalue weighted by Gasteiger charge is -2.32. The van der Waals surface area contributed by atoms with E-state index in [0.717, 1.165) is 6.54 Å². The Morgan fingerprint density at radius 1 is 1.62 bits per heavy atom. The fraction of sp³-hybridized carbons (Fsp3) is 0.818. The van der Waals surface area contributed by atoms with E-state index in [2.05, 4.69) is 11.4 Å². The largest absolute Gasteiger partial charge is 0.366 e. The molecule has 16 heavy (non-hydrogen) atoms. The number of nitriles is 1. The lowest BCUT2D eigenvalue weighted by atomic mass is 10.2. The van der Waals surface area contributed by atoms with Gasteiger partial charge in [0.15, 0.2) is 0 Å². The van der Waals surface area contributed by atoms with Crippen LogP contribution in [0.2, 0.25) is 0 Å². The molecule has 1 unspecified atom stereocenters. The molecule has 1 heterocycles. The van der Waals surface area contributed by atoms with Gasteiger partial charge in [-0.05, 0) is 20.8 Å². The second kappa shape index (κ2) is 5.28. The normalized spacial score (nSPS) is 21.6. The third-order valence-electron chi connectivity index (χ3n) is 2.34. The summed E-state index contributed by atoms with van der Waals surface area (Å²) in [6.07, 6.45) is 0. The van der Waals surface area contributed by atoms with Gasteiger partial charge in [0.2, 0.25) is 5.91 Å². The van der Waals surface area contributed by atoms with Gasteiger partial charge in [-0.25, -0.2) is 0 Å². The zero-order valence-electron chi connectivity index (χ0n) is 10.1. The molecule has 5 nitrogen and oxygen atoms in total. The van der Waals surface area contributed by atoms with E-state index in [1.54, 1.807) is 4.90 Å². The molecule has 0 spiro atoms. The molecule has 1 amide bonds. The van der Waals surface area contributed by atoms with E-state index in [9.17, 15) is 4.79 Å². The van der Waals surface area contributed by atoms with Crippen molar-refractivity contribution in [2.24, 2.45) is 0 Å². The topological polar surface area (TPSA) is 65.4 Å². The standard InChI is InChI=1S/C11H19N3O2/c1-11(2,3)16-8-10(15)14-5-4-13-7-9(14)6-12/h9,13H,4-5,7-8H2,1-3H3. The summed E-state index contributed by atoms with van der Waals surface area (Å²) in [7, 11) is 0. The molecule has 1 fully saturated rings. The van der Waals surface area contributed by atoms with E-state index in [0.29, 0.717) is 13.1 Å². The second-order valence-corrected chi connectivity index (χ2v) is 4.84. The number of piperazine rings is 1. The van der Waals surface area contributed by atoms with Crippen LogP contribution in [0.3, 0.4) is 0 Å². The molecule has 1 N–H and O–H groups in total. The Labute approximate surface area is 96.4 Å². The number of amides is 1. The summed E-state index contributed by atoms with van der Waals surface area (Å²) in [5.74, 6) is -0.108. The number of hydrogen-bond donors (Lipinski definition) is 1. The predicted molar refractivity (Wildman–Crippen MR) is 59.7 cm³/mol. The smallest absolute Gasteiger partial charge is 0.249 e. The molecule has 1 atom stereocenters. The van der Waals surface area contributed by atoms with Gasteiger partial charge in [-0.15, -0.1) is 0 Å². The fourth-order valence-electron chi connectivity index (χ4n) is 1.48. The summed E-state index contributed by atoms with van der Waals surface area (Å²) >= 11 is 0. The van der Waals surface area contributed by atoms with Gasteiger partial charge in [0, 0.05) is 19.6 Å². The number of carbonyl (C=O) groups is 1. The molecule has 1 rings (SSSR count). The first-order valence-electron chi connectivity index (χ1n) is 5.48. The zero-order valence-corrected chi connectivity index (χ0v) is 10.1. The van der Waals surface area contributed by atoms with Crippen LogP contribution in [0.5, 0.6) is 0 Å². The Morgan fingerprint density at radius 3 is 2.88 bits per heavy atom. The van der Waals surface area contributed by atoms with Crippen molar-refractivity contribution in [3.8, 4) is 6.07 Å². The van der Waals surface area contributed by atoms with Crippen molar-refractivity contribution in [2.75, 3.05) is 26.2 Å². The molecule has 90 valence electrons. The van der Waals surface area contributed by atoms with Crippen LogP contribution in [0.15, 0.2) is 0 Å². The molecular weight excluding hydrogens is 206 g/mol. The minimum absolute atomic E-state index is 0.0433. The highest BCUT2D eigenvalue weighted by molar-refractivity contribution is 5.78. The highest BCUT2D eigenvalue weighted by atomic mass is 16.5. The van der Waals surface area contributed by atoms with Crippen LogP contribution in [0, 0.1) is 11.3 Å². The maximum absolute atomic E-state index is 11.8. The number of nitrogens with one attached hydrogen (secondary N) is 1. The van der Waals surface area contributed by atoms with Crippen molar-refractivity contribution in [2.45, 2.75) is 32.4 Å². The van der Waals surface area contributed by atoms with Gasteiger partial charge in [-0.3, -0.25) is 4.79 Å². The van der Waals surface area contributed by atoms with Crippen molar-refractivity contribution < 1.29 is 9.53 Å². The van der Waals surface area contributed by atoms with E-state index < -0.39 is 0 Å². The molecular formula is C11H19N3O2. The van der Waals surface area contributed by atoms with Crippen LogP contribution in [0.25, 0.3) is 0 Å². The van der Waals surface area contributed by atoms with E-state index in [4.69, 9.17) is 10.00 Å². The molecule has 1 saturated heterocycles. The molecule has 0 aromatic heterocycles. The lowest BCUT2D eigenvalue weighted by Crippen LogP contribution is -2.54. The number of rotatable bonds is 2.